The zero-order valence-electron chi connectivity index (χ0n) is 11.4. The van der Waals surface area contributed by atoms with E-state index in [9.17, 15) is 4.39 Å². The molecule has 1 heterocycles. The van der Waals surface area contributed by atoms with Gasteiger partial charge in [-0.2, -0.15) is 0 Å². The SMILES string of the molecule is NC(CSc1cccc(F)c1)c1ccc2cccnc2c1. The summed E-state index contributed by atoms with van der Waals surface area (Å²) in [5, 5.41) is 1.10. The molecule has 0 radical (unpaired) electrons. The van der Waals surface area contributed by atoms with Gasteiger partial charge in [-0.15, -0.1) is 11.8 Å². The molecule has 1 aromatic heterocycles. The third kappa shape index (κ3) is 3.40. The van der Waals surface area contributed by atoms with Crippen LogP contribution < -0.4 is 5.73 Å². The number of rotatable bonds is 4. The van der Waals surface area contributed by atoms with Gasteiger partial charge in [0, 0.05) is 28.3 Å². The highest BCUT2D eigenvalue weighted by Crippen LogP contribution is 2.25. The van der Waals surface area contributed by atoms with Crippen molar-refractivity contribution in [3.63, 3.8) is 0 Å². The molecule has 0 saturated heterocycles. The fourth-order valence-corrected chi connectivity index (χ4v) is 3.09. The number of nitrogens with zero attached hydrogens (tertiary/aromatic N) is 1. The molecular formula is C17H15FN2S. The fraction of sp³-hybridized carbons (Fsp3) is 0.118. The highest BCUT2D eigenvalue weighted by molar-refractivity contribution is 7.99. The van der Waals surface area contributed by atoms with Crippen molar-refractivity contribution >= 4 is 22.7 Å². The number of aromatic nitrogens is 1. The highest BCUT2D eigenvalue weighted by atomic mass is 32.2. The van der Waals surface area contributed by atoms with Crippen LogP contribution in [0.3, 0.4) is 0 Å². The molecule has 0 saturated carbocycles. The molecule has 2 nitrogen and oxygen atoms in total. The van der Waals surface area contributed by atoms with Crippen LogP contribution in [0.25, 0.3) is 10.9 Å². The zero-order valence-corrected chi connectivity index (χ0v) is 12.2. The summed E-state index contributed by atoms with van der Waals surface area (Å²) < 4.78 is 13.1. The van der Waals surface area contributed by atoms with Crippen LogP contribution in [0.4, 0.5) is 4.39 Å². The Morgan fingerprint density at radius 2 is 2.00 bits per heavy atom. The van der Waals surface area contributed by atoms with Gasteiger partial charge in [-0.3, -0.25) is 4.98 Å². The topological polar surface area (TPSA) is 38.9 Å². The van der Waals surface area contributed by atoms with E-state index in [0.29, 0.717) is 5.75 Å². The van der Waals surface area contributed by atoms with Crippen LogP contribution in [0.15, 0.2) is 65.7 Å². The molecule has 0 aliphatic carbocycles. The fourth-order valence-electron chi connectivity index (χ4n) is 2.15. The second-order valence-corrected chi connectivity index (χ2v) is 5.92. The number of thioether (sulfide) groups is 1. The van der Waals surface area contributed by atoms with Crippen molar-refractivity contribution in [1.82, 2.24) is 4.98 Å². The lowest BCUT2D eigenvalue weighted by Gasteiger charge is -2.12. The Kier molecular flexibility index (Phi) is 4.18. The van der Waals surface area contributed by atoms with Crippen molar-refractivity contribution in [3.05, 3.63) is 72.2 Å². The Hall–Kier alpha value is -1.91. The molecule has 0 spiro atoms. The maximum absolute atomic E-state index is 13.1. The Morgan fingerprint density at radius 3 is 2.86 bits per heavy atom. The van der Waals surface area contributed by atoms with Gasteiger partial charge in [0.1, 0.15) is 5.82 Å². The van der Waals surface area contributed by atoms with E-state index in [1.807, 2.05) is 36.4 Å². The largest absolute Gasteiger partial charge is 0.323 e. The molecule has 1 unspecified atom stereocenters. The minimum atomic E-state index is -0.219. The first-order valence-electron chi connectivity index (χ1n) is 6.71. The first kappa shape index (κ1) is 14.0. The first-order chi connectivity index (χ1) is 10.2. The summed E-state index contributed by atoms with van der Waals surface area (Å²) >= 11 is 1.56. The molecular weight excluding hydrogens is 283 g/mol. The van der Waals surface area contributed by atoms with Gasteiger partial charge in [-0.25, -0.2) is 4.39 Å². The highest BCUT2D eigenvalue weighted by Gasteiger charge is 2.08. The summed E-state index contributed by atoms with van der Waals surface area (Å²) in [5.41, 5.74) is 8.22. The second-order valence-electron chi connectivity index (χ2n) is 4.83. The monoisotopic (exact) mass is 298 g/mol. The molecule has 1 atom stereocenters. The average molecular weight is 298 g/mol. The predicted octanol–water partition coefficient (Wildman–Crippen LogP) is 4.17. The summed E-state index contributed by atoms with van der Waals surface area (Å²) in [7, 11) is 0. The van der Waals surface area contributed by atoms with Gasteiger partial charge in [-0.05, 0) is 35.9 Å². The Morgan fingerprint density at radius 1 is 1.10 bits per heavy atom. The van der Waals surface area contributed by atoms with Crippen molar-refractivity contribution in [2.75, 3.05) is 5.75 Å². The van der Waals surface area contributed by atoms with Crippen LogP contribution in [0.2, 0.25) is 0 Å². The molecule has 21 heavy (non-hydrogen) atoms. The molecule has 0 aliphatic rings. The number of benzene rings is 2. The van der Waals surface area contributed by atoms with Gasteiger partial charge < -0.3 is 5.73 Å². The van der Waals surface area contributed by atoms with Crippen LogP contribution in [0.1, 0.15) is 11.6 Å². The van der Waals surface area contributed by atoms with Gasteiger partial charge in [0.25, 0.3) is 0 Å². The summed E-state index contributed by atoms with van der Waals surface area (Å²) in [6.45, 7) is 0. The van der Waals surface area contributed by atoms with Gasteiger partial charge in [0.05, 0.1) is 5.52 Å². The summed E-state index contributed by atoms with van der Waals surface area (Å²) in [5.74, 6) is 0.477. The third-order valence-electron chi connectivity index (χ3n) is 3.28. The summed E-state index contributed by atoms with van der Waals surface area (Å²) in [6.07, 6.45) is 1.78. The molecule has 2 aromatic carbocycles. The summed E-state index contributed by atoms with van der Waals surface area (Å²) in [6, 6.07) is 16.5. The number of hydrogen-bond donors (Lipinski definition) is 1. The van der Waals surface area contributed by atoms with Crippen molar-refractivity contribution in [2.45, 2.75) is 10.9 Å². The summed E-state index contributed by atoms with van der Waals surface area (Å²) in [4.78, 5) is 5.24. The Balaban J connectivity index is 1.73. The number of hydrogen-bond acceptors (Lipinski definition) is 3. The predicted molar refractivity (Wildman–Crippen MR) is 85.8 cm³/mol. The van der Waals surface area contributed by atoms with Gasteiger partial charge in [0.2, 0.25) is 0 Å². The van der Waals surface area contributed by atoms with Crippen LogP contribution in [0, 0.1) is 5.82 Å². The first-order valence-corrected chi connectivity index (χ1v) is 7.69. The lowest BCUT2D eigenvalue weighted by atomic mass is 10.1. The van der Waals surface area contributed by atoms with E-state index in [1.54, 1.807) is 24.0 Å². The van der Waals surface area contributed by atoms with E-state index in [0.717, 1.165) is 21.4 Å². The maximum atomic E-state index is 13.1. The van der Waals surface area contributed by atoms with Gasteiger partial charge >= 0.3 is 0 Å². The smallest absolute Gasteiger partial charge is 0.124 e. The van der Waals surface area contributed by atoms with Crippen LogP contribution in [-0.4, -0.2) is 10.7 Å². The molecule has 3 aromatic rings. The van der Waals surface area contributed by atoms with Crippen LogP contribution in [-0.2, 0) is 0 Å². The number of pyridine rings is 1. The van der Waals surface area contributed by atoms with Crippen LogP contribution in [0.5, 0.6) is 0 Å². The number of nitrogens with two attached hydrogens (primary N) is 1. The maximum Gasteiger partial charge on any atom is 0.124 e. The van der Waals surface area contributed by atoms with Crippen molar-refractivity contribution in [3.8, 4) is 0 Å². The van der Waals surface area contributed by atoms with Crippen LogP contribution >= 0.6 is 11.8 Å². The zero-order chi connectivity index (χ0) is 14.7. The molecule has 4 heteroatoms. The van der Waals surface area contributed by atoms with E-state index in [4.69, 9.17) is 5.73 Å². The normalized spacial score (nSPS) is 12.5. The average Bonchev–Trinajstić information content (AvgIpc) is 2.52. The number of halogens is 1. The van der Waals surface area contributed by atoms with E-state index in [2.05, 4.69) is 4.98 Å². The molecule has 0 bridgehead atoms. The molecule has 106 valence electrons. The van der Waals surface area contributed by atoms with E-state index >= 15 is 0 Å². The molecule has 2 N–H and O–H groups in total. The lowest BCUT2D eigenvalue weighted by molar-refractivity contribution is 0.624. The van der Waals surface area contributed by atoms with Crippen molar-refractivity contribution in [1.29, 1.82) is 0 Å². The Labute approximate surface area is 127 Å². The van der Waals surface area contributed by atoms with Gasteiger partial charge in [-0.1, -0.05) is 24.3 Å². The molecule has 0 aliphatic heterocycles. The quantitative estimate of drug-likeness (QED) is 0.735. The van der Waals surface area contributed by atoms with E-state index in [1.165, 1.54) is 12.1 Å². The van der Waals surface area contributed by atoms with E-state index < -0.39 is 0 Å². The molecule has 3 rings (SSSR count). The third-order valence-corrected chi connectivity index (χ3v) is 4.40. The van der Waals surface area contributed by atoms with Crippen molar-refractivity contribution < 1.29 is 4.39 Å². The lowest BCUT2D eigenvalue weighted by Crippen LogP contribution is -2.12. The Bertz CT molecular complexity index is 760. The minimum absolute atomic E-state index is 0.107. The van der Waals surface area contributed by atoms with E-state index in [-0.39, 0.29) is 11.9 Å². The second kappa shape index (κ2) is 6.24. The van der Waals surface area contributed by atoms with Crippen molar-refractivity contribution in [2.24, 2.45) is 5.73 Å². The van der Waals surface area contributed by atoms with Gasteiger partial charge in [0.15, 0.2) is 0 Å². The number of fused-ring (bicyclic) bond motifs is 1. The molecule has 0 amide bonds. The minimum Gasteiger partial charge on any atom is -0.323 e. The standard InChI is InChI=1S/C17H15FN2S/c18-14-4-1-5-15(10-14)21-11-16(19)13-7-6-12-3-2-8-20-17(12)9-13/h1-10,16H,11,19H2. The molecule has 0 fully saturated rings.